The van der Waals surface area contributed by atoms with Crippen LogP contribution >= 0.6 is 0 Å². The fourth-order valence-corrected chi connectivity index (χ4v) is 1.34. The van der Waals surface area contributed by atoms with Crippen LogP contribution in [0.4, 0.5) is 0 Å². The molecule has 0 saturated heterocycles. The van der Waals surface area contributed by atoms with Gasteiger partial charge in [-0.3, -0.25) is 0 Å². The van der Waals surface area contributed by atoms with E-state index >= 15 is 0 Å². The van der Waals surface area contributed by atoms with Gasteiger partial charge in [0.2, 0.25) is 0 Å². The second-order valence-electron chi connectivity index (χ2n) is 2.84. The first kappa shape index (κ1) is 20.8. The number of aryl methyl sites for hydroxylation is 1. The quantitative estimate of drug-likeness (QED) is 0.638. The average molecular weight is 388 g/mol. The molecular formula is C15H24W. The predicted molar refractivity (Wildman–Crippen MR) is 73.3 cm³/mol. The molecule has 0 aliphatic carbocycles. The van der Waals surface area contributed by atoms with Crippen LogP contribution in [-0.2, 0) is 27.5 Å². The molecule has 0 atom stereocenters. The third-order valence-corrected chi connectivity index (χ3v) is 2.01. The Morgan fingerprint density at radius 3 is 2.19 bits per heavy atom. The molecule has 0 amide bonds. The Bertz CT molecular complexity index is 300. The molecule has 16 heavy (non-hydrogen) atoms. The van der Waals surface area contributed by atoms with E-state index in [2.05, 4.69) is 38.3 Å². The van der Waals surface area contributed by atoms with E-state index in [0.29, 0.717) is 0 Å². The summed E-state index contributed by atoms with van der Waals surface area (Å²) in [6.45, 7) is 13.6. The largest absolute Gasteiger partial charge is 0.103 e. The summed E-state index contributed by atoms with van der Waals surface area (Å²) < 4.78 is 0. The zero-order valence-corrected chi connectivity index (χ0v) is 12.8. The van der Waals surface area contributed by atoms with Gasteiger partial charge in [0, 0.05) is 21.1 Å². The average Bonchev–Trinajstić information content (AvgIpc) is 2.24. The molecule has 1 rings (SSSR count). The van der Waals surface area contributed by atoms with Gasteiger partial charge in [0.05, 0.1) is 0 Å². The van der Waals surface area contributed by atoms with Crippen molar-refractivity contribution in [3.05, 3.63) is 54.1 Å². The van der Waals surface area contributed by atoms with Gasteiger partial charge < -0.3 is 0 Å². The van der Waals surface area contributed by atoms with Crippen molar-refractivity contribution in [3.8, 4) is 0 Å². The van der Waals surface area contributed by atoms with Crippen LogP contribution in [-0.4, -0.2) is 0 Å². The molecule has 0 heterocycles. The van der Waals surface area contributed by atoms with Crippen LogP contribution < -0.4 is 0 Å². The summed E-state index contributed by atoms with van der Waals surface area (Å²) in [5, 5.41) is 0. The zero-order valence-electron chi connectivity index (χ0n) is 9.92. The molecule has 0 saturated carbocycles. The van der Waals surface area contributed by atoms with Crippen molar-refractivity contribution in [2.75, 3.05) is 0 Å². The van der Waals surface area contributed by atoms with Gasteiger partial charge in [-0.1, -0.05) is 58.2 Å². The van der Waals surface area contributed by atoms with Gasteiger partial charge in [0.1, 0.15) is 0 Å². The Kier molecular flexibility index (Phi) is 16.2. The van der Waals surface area contributed by atoms with E-state index in [-0.39, 0.29) is 28.5 Å². The standard InChI is InChI=1S/C12H14.C2H6.CH4.W/c1-4-7-12-10(3)8-6-9-11(12)5-2;1-2;;/h4-6,8-9H,1-2,7H2,3H3;1-2H3;1H4;. The summed E-state index contributed by atoms with van der Waals surface area (Å²) in [5.41, 5.74) is 3.87. The molecular weight excluding hydrogens is 364 g/mol. The number of hydrogen-bond donors (Lipinski definition) is 0. The van der Waals surface area contributed by atoms with E-state index in [1.165, 1.54) is 16.7 Å². The van der Waals surface area contributed by atoms with Gasteiger partial charge in [0.25, 0.3) is 0 Å². The van der Waals surface area contributed by atoms with Crippen molar-refractivity contribution in [2.24, 2.45) is 0 Å². The SMILES string of the molecule is C.C=CCc1c(C)cccc1C=C.CC.[W]. The molecule has 0 aromatic heterocycles. The number of hydrogen-bond acceptors (Lipinski definition) is 0. The monoisotopic (exact) mass is 388 g/mol. The van der Waals surface area contributed by atoms with Crippen molar-refractivity contribution in [2.45, 2.75) is 34.6 Å². The molecule has 0 fully saturated rings. The van der Waals surface area contributed by atoms with E-state index in [1.807, 2.05) is 26.0 Å². The minimum Gasteiger partial charge on any atom is -0.103 e. The second kappa shape index (κ2) is 12.5. The minimum absolute atomic E-state index is 0. The number of rotatable bonds is 3. The van der Waals surface area contributed by atoms with E-state index in [4.69, 9.17) is 0 Å². The summed E-state index contributed by atoms with van der Waals surface area (Å²) >= 11 is 0. The van der Waals surface area contributed by atoms with Crippen LogP contribution in [0.5, 0.6) is 0 Å². The molecule has 0 radical (unpaired) electrons. The van der Waals surface area contributed by atoms with Crippen LogP contribution in [0.15, 0.2) is 37.4 Å². The summed E-state index contributed by atoms with van der Waals surface area (Å²) in [7, 11) is 0. The first-order valence-electron chi connectivity index (χ1n) is 5.11. The summed E-state index contributed by atoms with van der Waals surface area (Å²) in [5.74, 6) is 0. The predicted octanol–water partition coefficient (Wildman–Crippen LogP) is 5.03. The Morgan fingerprint density at radius 2 is 1.75 bits per heavy atom. The smallest absolute Gasteiger partial charge is 0 e. The van der Waals surface area contributed by atoms with E-state index < -0.39 is 0 Å². The summed E-state index contributed by atoms with van der Waals surface area (Å²) in [6.07, 6.45) is 4.75. The van der Waals surface area contributed by atoms with Gasteiger partial charge in [0.15, 0.2) is 0 Å². The van der Waals surface area contributed by atoms with Crippen LogP contribution in [0.3, 0.4) is 0 Å². The third-order valence-electron chi connectivity index (χ3n) is 2.01. The van der Waals surface area contributed by atoms with Crippen LogP contribution in [0.2, 0.25) is 0 Å². The van der Waals surface area contributed by atoms with Crippen molar-refractivity contribution in [1.29, 1.82) is 0 Å². The maximum absolute atomic E-state index is 3.78. The molecule has 0 aliphatic heterocycles. The van der Waals surface area contributed by atoms with Crippen molar-refractivity contribution in [3.63, 3.8) is 0 Å². The second-order valence-corrected chi connectivity index (χ2v) is 2.84. The van der Waals surface area contributed by atoms with Gasteiger partial charge in [-0.15, -0.1) is 6.58 Å². The van der Waals surface area contributed by atoms with Gasteiger partial charge in [-0.25, -0.2) is 0 Å². The van der Waals surface area contributed by atoms with Gasteiger partial charge in [-0.05, 0) is 30.0 Å². The summed E-state index contributed by atoms with van der Waals surface area (Å²) in [4.78, 5) is 0. The molecule has 1 aromatic rings. The first-order chi connectivity index (χ1) is 6.79. The van der Waals surface area contributed by atoms with Crippen molar-refractivity contribution >= 4 is 6.08 Å². The Labute approximate surface area is 116 Å². The molecule has 0 nitrogen and oxygen atoms in total. The molecule has 0 N–H and O–H groups in total. The Balaban J connectivity index is -0.000000399. The molecule has 0 unspecified atom stereocenters. The zero-order chi connectivity index (χ0) is 11.0. The van der Waals surface area contributed by atoms with Crippen molar-refractivity contribution in [1.82, 2.24) is 0 Å². The third kappa shape index (κ3) is 6.08. The molecule has 1 heteroatoms. The molecule has 0 spiro atoms. The van der Waals surface area contributed by atoms with Gasteiger partial charge in [-0.2, -0.15) is 0 Å². The molecule has 0 aliphatic rings. The minimum atomic E-state index is 0. The fraction of sp³-hybridized carbons (Fsp3) is 0.333. The topological polar surface area (TPSA) is 0 Å². The van der Waals surface area contributed by atoms with Crippen LogP contribution in [0.1, 0.15) is 38.0 Å². The van der Waals surface area contributed by atoms with E-state index in [9.17, 15) is 0 Å². The van der Waals surface area contributed by atoms with E-state index in [0.717, 1.165) is 6.42 Å². The van der Waals surface area contributed by atoms with Crippen molar-refractivity contribution < 1.29 is 21.1 Å². The normalized spacial score (nSPS) is 7.44. The number of allylic oxidation sites excluding steroid dienone is 1. The fourth-order valence-electron chi connectivity index (χ4n) is 1.34. The number of benzene rings is 1. The van der Waals surface area contributed by atoms with E-state index in [1.54, 1.807) is 0 Å². The molecule has 0 bridgehead atoms. The Morgan fingerprint density at radius 1 is 1.19 bits per heavy atom. The van der Waals surface area contributed by atoms with Gasteiger partial charge >= 0.3 is 0 Å². The summed E-state index contributed by atoms with van der Waals surface area (Å²) in [6, 6.07) is 6.25. The van der Waals surface area contributed by atoms with Crippen LogP contribution in [0, 0.1) is 6.92 Å². The molecule has 90 valence electrons. The first-order valence-corrected chi connectivity index (χ1v) is 5.11. The Hall–Kier alpha value is -0.612. The molecule has 1 aromatic carbocycles. The maximum Gasteiger partial charge on any atom is 0 e. The maximum atomic E-state index is 3.78. The van der Waals surface area contributed by atoms with Crippen LogP contribution in [0.25, 0.3) is 6.08 Å².